The lowest BCUT2D eigenvalue weighted by atomic mass is 10.1. The van der Waals surface area contributed by atoms with E-state index in [2.05, 4.69) is 40.0 Å². The molecule has 0 aliphatic carbocycles. The van der Waals surface area contributed by atoms with E-state index in [1.807, 2.05) is 37.3 Å². The molecule has 0 aliphatic heterocycles. The summed E-state index contributed by atoms with van der Waals surface area (Å²) in [5, 5.41) is 0.791. The van der Waals surface area contributed by atoms with Gasteiger partial charge in [-0.25, -0.2) is 0 Å². The zero-order valence-corrected chi connectivity index (χ0v) is 13.9. The number of halogens is 2. The molecule has 106 valence electrons. The van der Waals surface area contributed by atoms with Crippen molar-refractivity contribution in [1.29, 1.82) is 0 Å². The summed E-state index contributed by atoms with van der Waals surface area (Å²) < 4.78 is 1.04. The largest absolute Gasteiger partial charge is 0.370 e. The van der Waals surface area contributed by atoms with E-state index in [0.29, 0.717) is 0 Å². The van der Waals surface area contributed by atoms with Crippen LogP contribution in [0.25, 0.3) is 0 Å². The Morgan fingerprint density at radius 2 is 1.95 bits per heavy atom. The summed E-state index contributed by atoms with van der Waals surface area (Å²) in [7, 11) is 2.05. The summed E-state index contributed by atoms with van der Waals surface area (Å²) in [6, 6.07) is 14.1. The first kappa shape index (κ1) is 15.4. The molecule has 4 heteroatoms. The Morgan fingerprint density at radius 3 is 2.60 bits per heavy atom. The van der Waals surface area contributed by atoms with Crippen LogP contribution in [0.5, 0.6) is 0 Å². The minimum atomic E-state index is -0.0174. The lowest BCUT2D eigenvalue weighted by molar-refractivity contribution is 0.800. The van der Waals surface area contributed by atoms with Crippen LogP contribution in [-0.4, -0.2) is 7.05 Å². The van der Waals surface area contributed by atoms with E-state index in [-0.39, 0.29) is 6.04 Å². The van der Waals surface area contributed by atoms with Gasteiger partial charge in [-0.1, -0.05) is 45.7 Å². The molecule has 0 radical (unpaired) electrons. The van der Waals surface area contributed by atoms with Gasteiger partial charge in [0.2, 0.25) is 0 Å². The topological polar surface area (TPSA) is 29.3 Å². The Hall–Kier alpha value is -1.03. The Kier molecular flexibility index (Phi) is 5.08. The molecule has 2 aromatic carbocycles. The van der Waals surface area contributed by atoms with Crippen molar-refractivity contribution in [2.45, 2.75) is 19.5 Å². The van der Waals surface area contributed by atoms with Gasteiger partial charge >= 0.3 is 0 Å². The number of nitrogens with zero attached hydrogens (tertiary/aromatic N) is 1. The van der Waals surface area contributed by atoms with Crippen molar-refractivity contribution >= 4 is 33.2 Å². The summed E-state index contributed by atoms with van der Waals surface area (Å²) >= 11 is 9.72. The minimum absolute atomic E-state index is 0.0174. The molecular weight excluding hydrogens is 336 g/mol. The maximum absolute atomic E-state index is 6.22. The van der Waals surface area contributed by atoms with Crippen molar-refractivity contribution in [1.82, 2.24) is 0 Å². The van der Waals surface area contributed by atoms with Gasteiger partial charge in [-0.15, -0.1) is 0 Å². The Morgan fingerprint density at radius 1 is 1.25 bits per heavy atom. The molecule has 2 nitrogen and oxygen atoms in total. The first-order chi connectivity index (χ1) is 9.49. The van der Waals surface area contributed by atoms with E-state index in [1.165, 1.54) is 0 Å². The smallest absolute Gasteiger partial charge is 0.0455 e. The van der Waals surface area contributed by atoms with Gasteiger partial charge in [0.05, 0.1) is 0 Å². The van der Waals surface area contributed by atoms with Crippen molar-refractivity contribution in [3.8, 4) is 0 Å². The average Bonchev–Trinajstić information content (AvgIpc) is 2.41. The molecule has 1 unspecified atom stereocenters. The fraction of sp³-hybridized carbons (Fsp3) is 0.250. The molecule has 20 heavy (non-hydrogen) atoms. The normalized spacial score (nSPS) is 12.2. The van der Waals surface area contributed by atoms with Gasteiger partial charge in [-0.2, -0.15) is 0 Å². The van der Waals surface area contributed by atoms with Crippen LogP contribution in [-0.2, 0) is 6.54 Å². The second-order valence-electron chi connectivity index (χ2n) is 4.94. The van der Waals surface area contributed by atoms with Crippen LogP contribution in [0.3, 0.4) is 0 Å². The molecule has 0 saturated heterocycles. The van der Waals surface area contributed by atoms with Crippen LogP contribution in [0.2, 0.25) is 5.02 Å². The SMILES string of the molecule is CC(N)c1cc(Br)ccc1N(C)Cc1ccccc1Cl. The molecule has 0 aliphatic rings. The number of benzene rings is 2. The van der Waals surface area contributed by atoms with E-state index in [4.69, 9.17) is 17.3 Å². The van der Waals surface area contributed by atoms with Crippen LogP contribution in [0, 0.1) is 0 Å². The second-order valence-corrected chi connectivity index (χ2v) is 6.26. The molecule has 0 spiro atoms. The van der Waals surface area contributed by atoms with Gasteiger partial charge in [0.1, 0.15) is 0 Å². The van der Waals surface area contributed by atoms with Gasteiger partial charge in [0.25, 0.3) is 0 Å². The fourth-order valence-electron chi connectivity index (χ4n) is 2.21. The quantitative estimate of drug-likeness (QED) is 0.858. The average molecular weight is 354 g/mol. The molecule has 0 heterocycles. The van der Waals surface area contributed by atoms with Crippen LogP contribution >= 0.6 is 27.5 Å². The Bertz CT molecular complexity index is 599. The highest BCUT2D eigenvalue weighted by Crippen LogP contribution is 2.29. The summed E-state index contributed by atoms with van der Waals surface area (Å²) in [6.45, 7) is 2.75. The van der Waals surface area contributed by atoms with Crippen LogP contribution in [0.1, 0.15) is 24.1 Å². The molecule has 0 saturated carbocycles. The van der Waals surface area contributed by atoms with E-state index in [9.17, 15) is 0 Å². The molecule has 0 fully saturated rings. The van der Waals surface area contributed by atoms with E-state index in [0.717, 1.165) is 32.9 Å². The lowest BCUT2D eigenvalue weighted by Gasteiger charge is -2.24. The molecule has 2 aromatic rings. The fourth-order valence-corrected chi connectivity index (χ4v) is 2.78. The molecule has 0 aromatic heterocycles. The first-order valence-corrected chi connectivity index (χ1v) is 7.65. The summed E-state index contributed by atoms with van der Waals surface area (Å²) in [4.78, 5) is 2.17. The van der Waals surface area contributed by atoms with Gasteiger partial charge in [-0.3, -0.25) is 0 Å². The lowest BCUT2D eigenvalue weighted by Crippen LogP contribution is -2.20. The Labute approximate surface area is 133 Å². The van der Waals surface area contributed by atoms with Crippen LogP contribution in [0.15, 0.2) is 46.9 Å². The Balaban J connectivity index is 2.30. The van der Waals surface area contributed by atoms with Gasteiger partial charge in [-0.05, 0) is 42.3 Å². The van der Waals surface area contributed by atoms with Crippen molar-refractivity contribution in [3.05, 3.63) is 63.1 Å². The molecule has 0 amide bonds. The van der Waals surface area contributed by atoms with Crippen molar-refractivity contribution in [2.75, 3.05) is 11.9 Å². The third kappa shape index (κ3) is 3.54. The van der Waals surface area contributed by atoms with Crippen LogP contribution in [0.4, 0.5) is 5.69 Å². The molecule has 2 rings (SSSR count). The third-order valence-corrected chi connectivity index (χ3v) is 4.12. The molecule has 1 atom stereocenters. The van der Waals surface area contributed by atoms with Crippen molar-refractivity contribution < 1.29 is 0 Å². The molecular formula is C16H18BrClN2. The first-order valence-electron chi connectivity index (χ1n) is 6.48. The van der Waals surface area contributed by atoms with Gasteiger partial charge in [0, 0.05) is 34.8 Å². The number of rotatable bonds is 4. The van der Waals surface area contributed by atoms with Crippen molar-refractivity contribution in [2.24, 2.45) is 5.73 Å². The second kappa shape index (κ2) is 6.61. The van der Waals surface area contributed by atoms with Gasteiger partial charge < -0.3 is 10.6 Å². The predicted molar refractivity (Wildman–Crippen MR) is 90.3 cm³/mol. The number of hydrogen-bond acceptors (Lipinski definition) is 2. The van der Waals surface area contributed by atoms with Crippen LogP contribution < -0.4 is 10.6 Å². The van der Waals surface area contributed by atoms with Gasteiger partial charge in [0.15, 0.2) is 0 Å². The number of hydrogen-bond donors (Lipinski definition) is 1. The van der Waals surface area contributed by atoms with E-state index < -0.39 is 0 Å². The third-order valence-electron chi connectivity index (χ3n) is 3.26. The summed E-state index contributed by atoms with van der Waals surface area (Å²) in [6.07, 6.45) is 0. The summed E-state index contributed by atoms with van der Waals surface area (Å²) in [5.74, 6) is 0. The predicted octanol–water partition coefficient (Wildman–Crippen LogP) is 4.76. The standard InChI is InChI=1S/C16H18BrClN2/c1-11(19)14-9-13(17)7-8-16(14)20(2)10-12-5-3-4-6-15(12)18/h3-9,11H,10,19H2,1-2H3. The minimum Gasteiger partial charge on any atom is -0.370 e. The van der Waals surface area contributed by atoms with E-state index in [1.54, 1.807) is 0 Å². The zero-order chi connectivity index (χ0) is 14.7. The number of anilines is 1. The highest BCUT2D eigenvalue weighted by molar-refractivity contribution is 9.10. The monoisotopic (exact) mass is 352 g/mol. The highest BCUT2D eigenvalue weighted by Gasteiger charge is 2.12. The summed E-state index contributed by atoms with van der Waals surface area (Å²) in [5.41, 5.74) is 9.42. The number of nitrogens with two attached hydrogens (primary N) is 1. The maximum Gasteiger partial charge on any atom is 0.0455 e. The molecule has 2 N–H and O–H groups in total. The highest BCUT2D eigenvalue weighted by atomic mass is 79.9. The molecule has 0 bridgehead atoms. The zero-order valence-electron chi connectivity index (χ0n) is 11.6. The maximum atomic E-state index is 6.22. The van der Waals surface area contributed by atoms with Crippen molar-refractivity contribution in [3.63, 3.8) is 0 Å². The van der Waals surface area contributed by atoms with E-state index >= 15 is 0 Å².